The van der Waals surface area contributed by atoms with Crippen LogP contribution in [0.5, 0.6) is 5.75 Å². The number of alkyl halides is 3. The van der Waals surface area contributed by atoms with Crippen molar-refractivity contribution < 1.29 is 22.7 Å². The van der Waals surface area contributed by atoms with Gasteiger partial charge in [-0.15, -0.1) is 0 Å². The van der Waals surface area contributed by atoms with Crippen LogP contribution in [0, 0.1) is 0 Å². The maximum Gasteiger partial charge on any atom is 0.405 e. The van der Waals surface area contributed by atoms with Crippen molar-refractivity contribution in [3.05, 3.63) is 18.2 Å². The molecule has 2 aromatic rings. The number of aromatic nitrogens is 2. The van der Waals surface area contributed by atoms with Crippen molar-refractivity contribution in [3.63, 3.8) is 0 Å². The number of hydrogen-bond donors (Lipinski definition) is 2. The second kappa shape index (κ2) is 6.47. The Balaban J connectivity index is 2.02. The number of imidazole rings is 1. The molecule has 1 amide bonds. The molecule has 120 valence electrons. The molecular formula is C13H14F3N3O2S. The number of aromatic amines is 1. The summed E-state index contributed by atoms with van der Waals surface area (Å²) in [6.45, 7) is 0.179. The molecule has 2 rings (SSSR count). The van der Waals surface area contributed by atoms with Gasteiger partial charge >= 0.3 is 6.18 Å². The number of methoxy groups -OCH3 is 1. The summed E-state index contributed by atoms with van der Waals surface area (Å²) in [7, 11) is 1.54. The first kappa shape index (κ1) is 16.5. The molecule has 1 heterocycles. The van der Waals surface area contributed by atoms with Gasteiger partial charge in [0.1, 0.15) is 12.3 Å². The van der Waals surface area contributed by atoms with Gasteiger partial charge < -0.3 is 15.0 Å². The summed E-state index contributed by atoms with van der Waals surface area (Å²) in [6.07, 6.45) is -4.42. The van der Waals surface area contributed by atoms with Gasteiger partial charge in [0.2, 0.25) is 5.91 Å². The summed E-state index contributed by atoms with van der Waals surface area (Å²) in [5, 5.41) is 1.60. The van der Waals surface area contributed by atoms with Gasteiger partial charge in [-0.25, -0.2) is 4.98 Å². The van der Waals surface area contributed by atoms with Crippen LogP contribution in [0.3, 0.4) is 0 Å². The number of H-pyrrole nitrogens is 1. The third-order valence-electron chi connectivity index (χ3n) is 2.79. The number of thioether (sulfide) groups is 1. The van der Waals surface area contributed by atoms with Gasteiger partial charge in [0.15, 0.2) is 5.16 Å². The topological polar surface area (TPSA) is 67.0 Å². The van der Waals surface area contributed by atoms with Crippen molar-refractivity contribution in [2.24, 2.45) is 0 Å². The third kappa shape index (κ3) is 4.30. The molecule has 0 unspecified atom stereocenters. The van der Waals surface area contributed by atoms with E-state index < -0.39 is 23.9 Å². The number of benzene rings is 1. The van der Waals surface area contributed by atoms with Crippen molar-refractivity contribution in [2.45, 2.75) is 23.5 Å². The van der Waals surface area contributed by atoms with Gasteiger partial charge in [0.25, 0.3) is 0 Å². The predicted molar refractivity (Wildman–Crippen MR) is 77.0 cm³/mol. The van der Waals surface area contributed by atoms with E-state index in [4.69, 9.17) is 4.74 Å². The molecular weight excluding hydrogens is 319 g/mol. The Hall–Kier alpha value is -1.90. The molecule has 1 aromatic heterocycles. The van der Waals surface area contributed by atoms with Crippen molar-refractivity contribution in [1.82, 2.24) is 15.3 Å². The van der Waals surface area contributed by atoms with Crippen LogP contribution in [0.2, 0.25) is 0 Å². The van der Waals surface area contributed by atoms with E-state index in [1.54, 1.807) is 25.3 Å². The maximum atomic E-state index is 12.1. The Morgan fingerprint density at radius 2 is 2.23 bits per heavy atom. The monoisotopic (exact) mass is 333 g/mol. The summed E-state index contributed by atoms with van der Waals surface area (Å²) < 4.78 is 41.3. The van der Waals surface area contributed by atoms with E-state index in [0.29, 0.717) is 16.4 Å². The van der Waals surface area contributed by atoms with Gasteiger partial charge in [0, 0.05) is 6.07 Å². The Morgan fingerprint density at radius 1 is 1.50 bits per heavy atom. The second-order valence-electron chi connectivity index (χ2n) is 4.52. The van der Waals surface area contributed by atoms with Crippen LogP contribution in [-0.2, 0) is 4.79 Å². The van der Waals surface area contributed by atoms with E-state index in [-0.39, 0.29) is 0 Å². The van der Waals surface area contributed by atoms with Crippen LogP contribution in [0.1, 0.15) is 6.92 Å². The fraction of sp³-hybridized carbons (Fsp3) is 0.385. The van der Waals surface area contributed by atoms with Crippen LogP contribution < -0.4 is 10.1 Å². The largest absolute Gasteiger partial charge is 0.497 e. The Morgan fingerprint density at radius 3 is 2.86 bits per heavy atom. The number of nitrogens with zero attached hydrogens (tertiary/aromatic N) is 1. The van der Waals surface area contributed by atoms with Crippen molar-refractivity contribution in [2.75, 3.05) is 13.7 Å². The lowest BCUT2D eigenvalue weighted by atomic mass is 10.3. The lowest BCUT2D eigenvalue weighted by Crippen LogP contribution is -2.38. The predicted octanol–water partition coefficient (Wildman–Crippen LogP) is 2.73. The van der Waals surface area contributed by atoms with Crippen LogP contribution in [0.4, 0.5) is 13.2 Å². The average Bonchev–Trinajstić information content (AvgIpc) is 2.84. The van der Waals surface area contributed by atoms with Crippen molar-refractivity contribution >= 4 is 28.7 Å². The molecule has 9 heteroatoms. The summed E-state index contributed by atoms with van der Waals surface area (Å²) >= 11 is 1.05. The molecule has 22 heavy (non-hydrogen) atoms. The van der Waals surface area contributed by atoms with Crippen LogP contribution in [-0.4, -0.2) is 41.0 Å². The third-order valence-corrected chi connectivity index (χ3v) is 3.77. The minimum Gasteiger partial charge on any atom is -0.497 e. The van der Waals surface area contributed by atoms with Crippen LogP contribution in [0.25, 0.3) is 11.0 Å². The van der Waals surface area contributed by atoms with Crippen molar-refractivity contribution in [1.29, 1.82) is 0 Å². The number of halogens is 3. The molecule has 5 nitrogen and oxygen atoms in total. The molecule has 0 spiro atoms. The van der Waals surface area contributed by atoms with Gasteiger partial charge in [-0.1, -0.05) is 11.8 Å². The fourth-order valence-electron chi connectivity index (χ4n) is 1.70. The highest BCUT2D eigenvalue weighted by molar-refractivity contribution is 8.00. The first-order valence-electron chi connectivity index (χ1n) is 6.33. The molecule has 0 fully saturated rings. The number of ether oxygens (including phenoxy) is 1. The highest BCUT2D eigenvalue weighted by atomic mass is 32.2. The molecule has 1 atom stereocenters. The minimum atomic E-state index is -4.42. The summed E-state index contributed by atoms with van der Waals surface area (Å²) in [5.41, 5.74) is 1.41. The Bertz CT molecular complexity index is 672. The van der Waals surface area contributed by atoms with Gasteiger partial charge in [-0.05, 0) is 19.1 Å². The zero-order valence-corrected chi connectivity index (χ0v) is 12.6. The summed E-state index contributed by atoms with van der Waals surface area (Å²) in [6, 6.07) is 5.25. The zero-order valence-electron chi connectivity index (χ0n) is 11.8. The maximum absolute atomic E-state index is 12.1. The second-order valence-corrected chi connectivity index (χ2v) is 5.85. The molecule has 0 aliphatic rings. The molecule has 0 saturated carbocycles. The van der Waals surface area contributed by atoms with Crippen molar-refractivity contribution in [3.8, 4) is 5.75 Å². The van der Waals surface area contributed by atoms with E-state index in [1.165, 1.54) is 6.92 Å². The highest BCUT2D eigenvalue weighted by Crippen LogP contribution is 2.26. The highest BCUT2D eigenvalue weighted by Gasteiger charge is 2.29. The van der Waals surface area contributed by atoms with E-state index in [2.05, 4.69) is 9.97 Å². The fourth-order valence-corrected chi connectivity index (χ4v) is 2.55. The minimum absolute atomic E-state index is 0.456. The van der Waals surface area contributed by atoms with Gasteiger partial charge in [-0.2, -0.15) is 13.2 Å². The quantitative estimate of drug-likeness (QED) is 0.826. The van der Waals surface area contributed by atoms with Gasteiger partial charge in [0.05, 0.1) is 23.4 Å². The first-order chi connectivity index (χ1) is 10.3. The lowest BCUT2D eigenvalue weighted by molar-refractivity contribution is -0.137. The molecule has 0 saturated heterocycles. The lowest BCUT2D eigenvalue weighted by Gasteiger charge is -2.12. The summed E-state index contributed by atoms with van der Waals surface area (Å²) in [4.78, 5) is 18.9. The number of nitrogens with one attached hydrogen (secondary N) is 2. The normalized spacial score (nSPS) is 13.1. The molecule has 0 aliphatic heterocycles. The van der Waals surface area contributed by atoms with Crippen LogP contribution in [0.15, 0.2) is 23.4 Å². The molecule has 0 aliphatic carbocycles. The number of fused-ring (bicyclic) bond motifs is 1. The molecule has 2 N–H and O–H groups in total. The number of hydrogen-bond acceptors (Lipinski definition) is 4. The standard InChI is InChI=1S/C13H14F3N3O2S/c1-7(11(20)17-6-13(14,15)16)22-12-18-9-4-3-8(21-2)5-10(9)19-12/h3-5,7H,6H2,1-2H3,(H,17,20)(H,18,19)/t7-/m0/s1. The van der Waals surface area contributed by atoms with E-state index in [0.717, 1.165) is 17.3 Å². The zero-order chi connectivity index (χ0) is 16.3. The smallest absolute Gasteiger partial charge is 0.405 e. The van der Waals surface area contributed by atoms with Gasteiger partial charge in [-0.3, -0.25) is 4.79 Å². The first-order valence-corrected chi connectivity index (χ1v) is 7.21. The molecule has 0 radical (unpaired) electrons. The summed E-state index contributed by atoms with van der Waals surface area (Å²) in [5.74, 6) is -0.0379. The molecule has 1 aromatic carbocycles. The SMILES string of the molecule is COc1ccc2nc(S[C@@H](C)C(=O)NCC(F)(F)F)[nH]c2c1. The van der Waals surface area contributed by atoms with Crippen LogP contribution >= 0.6 is 11.8 Å². The van der Waals surface area contributed by atoms with E-state index >= 15 is 0 Å². The van der Waals surface area contributed by atoms with E-state index in [1.807, 2.05) is 5.32 Å². The Labute approximate surface area is 128 Å². The number of carbonyl (C=O) groups excluding carboxylic acids is 1. The van der Waals surface area contributed by atoms with E-state index in [9.17, 15) is 18.0 Å². The molecule has 0 bridgehead atoms. The Kier molecular flexibility index (Phi) is 4.84. The number of carbonyl (C=O) groups is 1. The average molecular weight is 333 g/mol. The number of rotatable bonds is 5. The number of amides is 1.